The van der Waals surface area contributed by atoms with Gasteiger partial charge in [0.05, 0.1) is 16.9 Å². The molecule has 0 bridgehead atoms. The minimum absolute atomic E-state index is 0.248. The van der Waals surface area contributed by atoms with Gasteiger partial charge in [0.1, 0.15) is 5.82 Å². The first-order valence-corrected chi connectivity index (χ1v) is 7.15. The number of rotatable bonds is 6. The molecule has 23 heavy (non-hydrogen) atoms. The van der Waals surface area contributed by atoms with Gasteiger partial charge in [-0.2, -0.15) is 4.68 Å². The summed E-state index contributed by atoms with van der Waals surface area (Å²) in [6.45, 7) is 3.71. The van der Waals surface area contributed by atoms with Gasteiger partial charge in [-0.05, 0) is 36.0 Å². The summed E-state index contributed by atoms with van der Waals surface area (Å²) in [6, 6.07) is 6.50. The van der Waals surface area contributed by atoms with Gasteiger partial charge in [-0.25, -0.2) is 4.39 Å². The van der Waals surface area contributed by atoms with Gasteiger partial charge in [-0.15, -0.1) is 0 Å². The molecule has 0 spiro atoms. The Hall–Kier alpha value is -2.77. The van der Waals surface area contributed by atoms with E-state index in [1.54, 1.807) is 26.0 Å². The van der Waals surface area contributed by atoms with Gasteiger partial charge < -0.3 is 15.4 Å². The lowest BCUT2D eigenvalue weighted by Gasteiger charge is -2.14. The van der Waals surface area contributed by atoms with Crippen LogP contribution in [0.3, 0.4) is 0 Å². The SMILES string of the molecule is CCC(C(=O)NCc1ccc(F)cc1)n1nc([N+](=O)[O-])cc1C. The topological polar surface area (TPSA) is 90.1 Å². The normalized spacial score (nSPS) is 12.0. The lowest BCUT2D eigenvalue weighted by atomic mass is 10.2. The molecule has 0 saturated carbocycles. The van der Waals surface area contributed by atoms with E-state index in [9.17, 15) is 19.3 Å². The Morgan fingerprint density at radius 1 is 1.43 bits per heavy atom. The van der Waals surface area contributed by atoms with Crippen LogP contribution in [0.1, 0.15) is 30.6 Å². The van der Waals surface area contributed by atoms with Crippen LogP contribution < -0.4 is 5.32 Å². The van der Waals surface area contributed by atoms with E-state index in [2.05, 4.69) is 10.4 Å². The number of hydrogen-bond acceptors (Lipinski definition) is 4. The van der Waals surface area contributed by atoms with Gasteiger partial charge in [0.2, 0.25) is 5.91 Å². The second kappa shape index (κ2) is 6.99. The van der Waals surface area contributed by atoms with Gasteiger partial charge in [0.25, 0.3) is 0 Å². The average molecular weight is 320 g/mol. The van der Waals surface area contributed by atoms with Gasteiger partial charge in [0, 0.05) is 6.54 Å². The first-order chi connectivity index (χ1) is 10.9. The molecule has 2 aromatic rings. The predicted molar refractivity (Wildman–Crippen MR) is 81.2 cm³/mol. The van der Waals surface area contributed by atoms with Crippen molar-refractivity contribution < 1.29 is 14.1 Å². The van der Waals surface area contributed by atoms with E-state index < -0.39 is 11.0 Å². The van der Waals surface area contributed by atoms with E-state index >= 15 is 0 Å². The van der Waals surface area contributed by atoms with Gasteiger partial charge in [-0.1, -0.05) is 19.1 Å². The van der Waals surface area contributed by atoms with Crippen LogP contribution in [0.2, 0.25) is 0 Å². The second-order valence-corrected chi connectivity index (χ2v) is 5.11. The minimum atomic E-state index is -0.635. The Balaban J connectivity index is 2.09. The minimum Gasteiger partial charge on any atom is -0.358 e. The summed E-state index contributed by atoms with van der Waals surface area (Å²) in [5.74, 6) is -0.920. The predicted octanol–water partition coefficient (Wildman–Crippen LogP) is 2.51. The highest BCUT2D eigenvalue weighted by Gasteiger charge is 2.26. The van der Waals surface area contributed by atoms with Crippen molar-refractivity contribution in [3.8, 4) is 0 Å². The Bertz CT molecular complexity index is 712. The first kappa shape index (κ1) is 16.6. The standard InChI is InChI=1S/C15H17FN4O3/c1-3-13(19-10(2)8-14(18-19)20(22)23)15(21)17-9-11-4-6-12(16)7-5-11/h4-8,13H,3,9H2,1-2H3,(H,17,21). The summed E-state index contributed by atoms with van der Waals surface area (Å²) >= 11 is 0. The lowest BCUT2D eigenvalue weighted by Crippen LogP contribution is -2.33. The molecule has 1 heterocycles. The van der Waals surface area contributed by atoms with Crippen molar-refractivity contribution in [2.24, 2.45) is 0 Å². The fourth-order valence-corrected chi connectivity index (χ4v) is 2.25. The van der Waals surface area contributed by atoms with Crippen molar-refractivity contribution in [2.75, 3.05) is 0 Å². The first-order valence-electron chi connectivity index (χ1n) is 7.15. The van der Waals surface area contributed by atoms with Crippen molar-refractivity contribution in [1.29, 1.82) is 0 Å². The van der Waals surface area contributed by atoms with E-state index in [1.807, 2.05) is 0 Å². The van der Waals surface area contributed by atoms with Crippen LogP contribution >= 0.6 is 0 Å². The Labute approximate surface area is 132 Å². The molecule has 1 N–H and O–H groups in total. The molecule has 0 aliphatic rings. The summed E-state index contributed by atoms with van der Waals surface area (Å²) in [5.41, 5.74) is 1.30. The molecule has 0 saturated heterocycles. The third-order valence-electron chi connectivity index (χ3n) is 3.46. The molecule has 0 fully saturated rings. The third-order valence-corrected chi connectivity index (χ3v) is 3.46. The van der Waals surface area contributed by atoms with Crippen LogP contribution in [0.25, 0.3) is 0 Å². The van der Waals surface area contributed by atoms with E-state index in [0.29, 0.717) is 12.1 Å². The zero-order valence-corrected chi connectivity index (χ0v) is 12.8. The van der Waals surface area contributed by atoms with Crippen molar-refractivity contribution >= 4 is 11.7 Å². The number of aromatic nitrogens is 2. The zero-order chi connectivity index (χ0) is 17.0. The van der Waals surface area contributed by atoms with Crippen molar-refractivity contribution in [1.82, 2.24) is 15.1 Å². The van der Waals surface area contributed by atoms with Crippen molar-refractivity contribution in [3.63, 3.8) is 0 Å². The molecule has 0 radical (unpaired) electrons. The van der Waals surface area contributed by atoms with Gasteiger partial charge in [-0.3, -0.25) is 4.79 Å². The number of hydrogen-bond donors (Lipinski definition) is 1. The van der Waals surface area contributed by atoms with Crippen LogP contribution in [0.15, 0.2) is 30.3 Å². The number of aryl methyl sites for hydroxylation is 1. The highest BCUT2D eigenvalue weighted by molar-refractivity contribution is 5.80. The molecule has 7 nitrogen and oxygen atoms in total. The number of carbonyl (C=O) groups excluding carboxylic acids is 1. The largest absolute Gasteiger partial charge is 0.390 e. The Morgan fingerprint density at radius 3 is 2.61 bits per heavy atom. The highest BCUT2D eigenvalue weighted by Crippen LogP contribution is 2.19. The second-order valence-electron chi connectivity index (χ2n) is 5.11. The lowest BCUT2D eigenvalue weighted by molar-refractivity contribution is -0.389. The molecule has 1 aromatic carbocycles. The quantitative estimate of drug-likeness (QED) is 0.654. The molecule has 1 amide bonds. The molecule has 0 aliphatic carbocycles. The van der Waals surface area contributed by atoms with E-state index in [0.717, 1.165) is 5.56 Å². The Morgan fingerprint density at radius 2 is 2.09 bits per heavy atom. The molecular weight excluding hydrogens is 303 g/mol. The molecule has 1 aromatic heterocycles. The Kier molecular flexibility index (Phi) is 5.05. The van der Waals surface area contributed by atoms with E-state index in [1.165, 1.54) is 22.9 Å². The summed E-state index contributed by atoms with van der Waals surface area (Å²) in [5, 5.41) is 17.4. The number of nitrogens with zero attached hydrogens (tertiary/aromatic N) is 3. The molecular formula is C15H17FN4O3. The molecule has 1 atom stereocenters. The van der Waals surface area contributed by atoms with Crippen LogP contribution in [-0.4, -0.2) is 20.6 Å². The molecule has 0 aliphatic heterocycles. The third kappa shape index (κ3) is 3.91. The maximum absolute atomic E-state index is 12.8. The maximum atomic E-state index is 12.8. The fraction of sp³-hybridized carbons (Fsp3) is 0.333. The van der Waals surface area contributed by atoms with Crippen LogP contribution in [-0.2, 0) is 11.3 Å². The van der Waals surface area contributed by atoms with Crippen LogP contribution in [0.4, 0.5) is 10.2 Å². The summed E-state index contributed by atoms with van der Waals surface area (Å²) in [6.07, 6.45) is 0.439. The van der Waals surface area contributed by atoms with Crippen LogP contribution in [0, 0.1) is 22.9 Å². The van der Waals surface area contributed by atoms with Gasteiger partial charge in [0.15, 0.2) is 6.04 Å². The molecule has 8 heteroatoms. The average Bonchev–Trinajstić information content (AvgIpc) is 2.90. The smallest absolute Gasteiger partial charge is 0.358 e. The van der Waals surface area contributed by atoms with E-state index in [-0.39, 0.29) is 24.1 Å². The monoisotopic (exact) mass is 320 g/mol. The summed E-state index contributed by atoms with van der Waals surface area (Å²) in [4.78, 5) is 22.5. The molecule has 1 unspecified atom stereocenters. The number of benzene rings is 1. The summed E-state index contributed by atoms with van der Waals surface area (Å²) in [7, 11) is 0. The molecule has 122 valence electrons. The van der Waals surface area contributed by atoms with Gasteiger partial charge >= 0.3 is 5.82 Å². The highest BCUT2D eigenvalue weighted by atomic mass is 19.1. The maximum Gasteiger partial charge on any atom is 0.390 e. The number of nitrogens with one attached hydrogen (secondary N) is 1. The summed E-state index contributed by atoms with van der Waals surface area (Å²) < 4.78 is 14.2. The van der Waals surface area contributed by atoms with Crippen molar-refractivity contribution in [2.45, 2.75) is 32.9 Å². The van der Waals surface area contributed by atoms with Crippen LogP contribution in [0.5, 0.6) is 0 Å². The van der Waals surface area contributed by atoms with Crippen molar-refractivity contribution in [3.05, 3.63) is 57.5 Å². The fourth-order valence-electron chi connectivity index (χ4n) is 2.25. The number of carbonyl (C=O) groups is 1. The molecule has 2 rings (SSSR count). The zero-order valence-electron chi connectivity index (χ0n) is 12.8. The number of amides is 1. The number of nitro groups is 1. The van der Waals surface area contributed by atoms with E-state index in [4.69, 9.17) is 0 Å². The number of halogens is 1.